The van der Waals surface area contributed by atoms with Crippen LogP contribution in [0.5, 0.6) is 0 Å². The van der Waals surface area contributed by atoms with Crippen LogP contribution in [-0.4, -0.2) is 108 Å². The summed E-state index contributed by atoms with van der Waals surface area (Å²) in [6, 6.07) is 1.81. The third-order valence-electron chi connectivity index (χ3n) is 8.62. The molecular formula is C33H54N4O6. The molecule has 0 bridgehead atoms. The Hall–Kier alpha value is -2.59. The summed E-state index contributed by atoms with van der Waals surface area (Å²) in [6.07, 6.45) is 6.21. The zero-order valence-electron chi connectivity index (χ0n) is 27.4. The van der Waals surface area contributed by atoms with Gasteiger partial charge in [0, 0.05) is 58.7 Å². The number of aromatic nitrogens is 1. The summed E-state index contributed by atoms with van der Waals surface area (Å²) in [5, 5.41) is 0. The zero-order chi connectivity index (χ0) is 31.1. The minimum Gasteiger partial charge on any atom is -0.444 e. The molecule has 3 aliphatic rings. The Labute approximate surface area is 258 Å². The third-order valence-corrected chi connectivity index (χ3v) is 8.62. The quantitative estimate of drug-likeness (QED) is 0.369. The van der Waals surface area contributed by atoms with Crippen molar-refractivity contribution in [2.75, 3.05) is 59.7 Å². The highest BCUT2D eigenvalue weighted by Gasteiger charge is 2.41. The van der Waals surface area contributed by atoms with Gasteiger partial charge in [0.2, 0.25) is 5.91 Å². The van der Waals surface area contributed by atoms with Crippen molar-refractivity contribution in [2.24, 2.45) is 11.8 Å². The summed E-state index contributed by atoms with van der Waals surface area (Å²) < 4.78 is 18.8. The second-order valence-corrected chi connectivity index (χ2v) is 13.8. The number of morpholine rings is 1. The number of amides is 3. The minimum atomic E-state index is -0.663. The smallest absolute Gasteiger partial charge is 0.410 e. The van der Waals surface area contributed by atoms with E-state index < -0.39 is 17.6 Å². The molecule has 2 unspecified atom stereocenters. The molecular weight excluding hydrogens is 548 g/mol. The highest BCUT2D eigenvalue weighted by molar-refractivity contribution is 5.94. The number of carbonyl (C=O) groups is 3. The van der Waals surface area contributed by atoms with Gasteiger partial charge >= 0.3 is 6.09 Å². The highest BCUT2D eigenvalue weighted by atomic mass is 16.6. The Morgan fingerprint density at radius 2 is 1.77 bits per heavy atom. The number of likely N-dealkylation sites (tertiary alicyclic amines) is 1. The average Bonchev–Trinajstić information content (AvgIpc) is 3.35. The number of carbonyl (C=O) groups excluding carboxylic acids is 3. The van der Waals surface area contributed by atoms with E-state index in [2.05, 4.69) is 24.5 Å². The number of nitrogens with zero attached hydrogens (tertiary/aromatic N) is 4. The largest absolute Gasteiger partial charge is 0.444 e. The number of hydrogen-bond donors (Lipinski definition) is 0. The van der Waals surface area contributed by atoms with E-state index in [1.807, 2.05) is 30.6 Å². The predicted molar refractivity (Wildman–Crippen MR) is 165 cm³/mol. The first-order chi connectivity index (χ1) is 20.5. The van der Waals surface area contributed by atoms with E-state index in [1.54, 1.807) is 12.0 Å². The van der Waals surface area contributed by atoms with Crippen molar-refractivity contribution < 1.29 is 28.6 Å². The van der Waals surface area contributed by atoms with Crippen molar-refractivity contribution in [3.63, 3.8) is 0 Å². The third kappa shape index (κ3) is 8.75. The van der Waals surface area contributed by atoms with Gasteiger partial charge in [-0.1, -0.05) is 13.8 Å². The number of aryl methyl sites for hydroxylation is 1. The molecule has 0 N–H and O–H groups in total. The molecule has 242 valence electrons. The normalized spacial score (nSPS) is 21.1. The molecule has 2 saturated heterocycles. The number of methoxy groups -OCH3 is 1. The Balaban J connectivity index is 1.65. The molecule has 2 fully saturated rings. The van der Waals surface area contributed by atoms with Crippen molar-refractivity contribution in [3.05, 3.63) is 23.0 Å². The van der Waals surface area contributed by atoms with E-state index in [-0.39, 0.29) is 30.3 Å². The van der Waals surface area contributed by atoms with Crippen molar-refractivity contribution in [2.45, 2.75) is 97.8 Å². The maximum Gasteiger partial charge on any atom is 0.410 e. The molecule has 1 aromatic heterocycles. The van der Waals surface area contributed by atoms with Gasteiger partial charge in [0.15, 0.2) is 0 Å². The Bertz CT molecular complexity index is 1100. The van der Waals surface area contributed by atoms with E-state index in [9.17, 15) is 14.4 Å². The molecule has 2 atom stereocenters. The van der Waals surface area contributed by atoms with Crippen LogP contribution in [0.2, 0.25) is 0 Å². The number of piperidine rings is 1. The Morgan fingerprint density at radius 1 is 1.05 bits per heavy atom. The van der Waals surface area contributed by atoms with E-state index in [0.717, 1.165) is 50.8 Å². The van der Waals surface area contributed by atoms with Crippen LogP contribution in [0, 0.1) is 11.8 Å². The fourth-order valence-electron chi connectivity index (χ4n) is 6.65. The molecule has 4 rings (SSSR count). The van der Waals surface area contributed by atoms with Crippen molar-refractivity contribution >= 4 is 17.9 Å². The predicted octanol–water partition coefficient (Wildman–Crippen LogP) is 4.38. The zero-order valence-corrected chi connectivity index (χ0v) is 27.4. The van der Waals surface area contributed by atoms with E-state index >= 15 is 0 Å². The number of rotatable bonds is 10. The lowest BCUT2D eigenvalue weighted by molar-refractivity contribution is -0.142. The fourth-order valence-corrected chi connectivity index (χ4v) is 6.65. The molecule has 1 aliphatic carbocycles. The lowest BCUT2D eigenvalue weighted by atomic mass is 9.91. The summed E-state index contributed by atoms with van der Waals surface area (Å²) in [5.74, 6) is -0.186. The summed E-state index contributed by atoms with van der Waals surface area (Å²) in [4.78, 5) is 47.2. The SMILES string of the molecule is COCCCCn1c(C(=O)N(CC(C)C)C2CC(C(=O)N3CCOCC3)CN(C(=O)OC(C)(C)C)C2)cc2c1CCCC2. The molecule has 0 saturated carbocycles. The molecule has 1 aromatic rings. The van der Waals surface area contributed by atoms with Crippen LogP contribution in [0.1, 0.15) is 88.5 Å². The maximum atomic E-state index is 14.6. The topological polar surface area (TPSA) is 93.5 Å². The standard InChI is InChI=1S/C33H54N4O6/c1-24(2)21-37(31(39)29-20-25-11-7-8-12-28(25)36(29)13-9-10-16-41-6)27-19-26(30(38)34-14-17-42-18-15-34)22-35(23-27)32(40)43-33(3,4)5/h20,24,26-27H,7-19,21-23H2,1-6H3. The number of hydrogen-bond acceptors (Lipinski definition) is 6. The molecule has 0 spiro atoms. The monoisotopic (exact) mass is 602 g/mol. The van der Waals surface area contributed by atoms with E-state index in [4.69, 9.17) is 14.2 Å². The second kappa shape index (κ2) is 14.9. The van der Waals surface area contributed by atoms with E-state index in [0.29, 0.717) is 52.4 Å². The Kier molecular flexibility index (Phi) is 11.6. The molecule has 2 aliphatic heterocycles. The minimum absolute atomic E-state index is 0.0107. The molecule has 10 heteroatoms. The van der Waals surface area contributed by atoms with Gasteiger partial charge < -0.3 is 33.5 Å². The summed E-state index contributed by atoms with van der Waals surface area (Å²) in [7, 11) is 1.72. The van der Waals surface area contributed by atoms with Gasteiger partial charge in [-0.15, -0.1) is 0 Å². The van der Waals surface area contributed by atoms with Gasteiger partial charge in [0.25, 0.3) is 5.91 Å². The van der Waals surface area contributed by atoms with Crippen molar-refractivity contribution in [1.29, 1.82) is 0 Å². The van der Waals surface area contributed by atoms with Gasteiger partial charge in [-0.2, -0.15) is 0 Å². The first-order valence-electron chi connectivity index (χ1n) is 16.3. The van der Waals surface area contributed by atoms with Gasteiger partial charge in [0.05, 0.1) is 25.2 Å². The maximum absolute atomic E-state index is 14.6. The average molecular weight is 603 g/mol. The van der Waals surface area contributed by atoms with Crippen LogP contribution in [-0.2, 0) is 38.4 Å². The van der Waals surface area contributed by atoms with Crippen molar-refractivity contribution in [3.8, 4) is 0 Å². The molecule has 0 radical (unpaired) electrons. The molecule has 43 heavy (non-hydrogen) atoms. The van der Waals surface area contributed by atoms with Crippen molar-refractivity contribution in [1.82, 2.24) is 19.3 Å². The summed E-state index contributed by atoms with van der Waals surface area (Å²) >= 11 is 0. The molecule has 3 amide bonds. The lowest BCUT2D eigenvalue weighted by Crippen LogP contribution is -2.58. The highest BCUT2D eigenvalue weighted by Crippen LogP contribution is 2.30. The number of unbranched alkanes of at least 4 members (excludes halogenated alkanes) is 1. The Morgan fingerprint density at radius 3 is 2.44 bits per heavy atom. The van der Waals surface area contributed by atoms with Gasteiger partial charge in [-0.3, -0.25) is 9.59 Å². The van der Waals surface area contributed by atoms with Crippen LogP contribution in [0.3, 0.4) is 0 Å². The lowest BCUT2D eigenvalue weighted by Gasteiger charge is -2.44. The van der Waals surface area contributed by atoms with E-state index in [1.165, 1.54) is 11.3 Å². The van der Waals surface area contributed by atoms with Gasteiger partial charge in [-0.25, -0.2) is 4.79 Å². The first-order valence-corrected chi connectivity index (χ1v) is 16.3. The molecule has 3 heterocycles. The molecule has 0 aromatic carbocycles. The number of fused-ring (bicyclic) bond motifs is 1. The second-order valence-electron chi connectivity index (χ2n) is 13.8. The first kappa shape index (κ1) is 33.3. The molecule has 10 nitrogen and oxygen atoms in total. The number of ether oxygens (including phenoxy) is 3. The van der Waals surface area contributed by atoms with Gasteiger partial charge in [0.1, 0.15) is 11.3 Å². The van der Waals surface area contributed by atoms with Gasteiger partial charge in [-0.05, 0) is 83.3 Å². The van der Waals surface area contributed by atoms with Crippen LogP contribution in [0.15, 0.2) is 6.07 Å². The van der Waals surface area contributed by atoms with Crippen LogP contribution in [0.25, 0.3) is 0 Å². The van der Waals surface area contributed by atoms with Crippen LogP contribution in [0.4, 0.5) is 4.79 Å². The fraction of sp³-hybridized carbons (Fsp3) is 0.788. The summed E-state index contributed by atoms with van der Waals surface area (Å²) in [5.41, 5.74) is 2.64. The van der Waals surface area contributed by atoms with Crippen LogP contribution < -0.4 is 0 Å². The summed E-state index contributed by atoms with van der Waals surface area (Å²) in [6.45, 7) is 14.5. The van der Waals surface area contributed by atoms with Crippen LogP contribution >= 0.6 is 0 Å².